The highest BCUT2D eigenvalue weighted by atomic mass is 79.9. The third-order valence-corrected chi connectivity index (χ3v) is 7.84. The van der Waals surface area contributed by atoms with Crippen LogP contribution in [0.2, 0.25) is 0 Å². The standard InChI is InChI=1S/C16H19BrN4O3S/c1-3-16(4-2)15(22)21(25(16,23)24)11-14-10-20(19-18-14)9-12-5-7-13(17)8-6-12/h5-8,10H,3-4,9,11H2,1-2H3. The van der Waals surface area contributed by atoms with Crippen LogP contribution in [0.1, 0.15) is 37.9 Å². The molecule has 1 saturated heterocycles. The summed E-state index contributed by atoms with van der Waals surface area (Å²) >= 11 is 3.38. The van der Waals surface area contributed by atoms with Crippen molar-refractivity contribution in [1.29, 1.82) is 0 Å². The zero-order valence-corrected chi connectivity index (χ0v) is 16.4. The van der Waals surface area contributed by atoms with Crippen molar-refractivity contribution in [1.82, 2.24) is 19.3 Å². The lowest BCUT2D eigenvalue weighted by Crippen LogP contribution is -2.69. The maximum Gasteiger partial charge on any atom is 0.259 e. The second kappa shape index (κ2) is 6.53. The molecule has 1 amide bonds. The number of carbonyl (C=O) groups is 1. The Hall–Kier alpha value is -1.74. The molecule has 2 heterocycles. The van der Waals surface area contributed by atoms with Gasteiger partial charge in [0.25, 0.3) is 15.9 Å². The summed E-state index contributed by atoms with van der Waals surface area (Å²) in [5.74, 6) is -0.347. The number of halogens is 1. The first-order chi connectivity index (χ1) is 11.8. The maximum atomic E-state index is 12.5. The number of rotatable bonds is 6. The molecule has 0 saturated carbocycles. The quantitative estimate of drug-likeness (QED) is 0.707. The van der Waals surface area contributed by atoms with Crippen molar-refractivity contribution < 1.29 is 13.2 Å². The molecule has 0 atom stereocenters. The number of carbonyl (C=O) groups excluding carboxylic acids is 1. The van der Waals surface area contributed by atoms with Crippen molar-refractivity contribution in [2.75, 3.05) is 0 Å². The van der Waals surface area contributed by atoms with Gasteiger partial charge in [-0.1, -0.05) is 47.1 Å². The van der Waals surface area contributed by atoms with Gasteiger partial charge in [0.1, 0.15) is 5.69 Å². The minimum absolute atomic E-state index is 0.0662. The van der Waals surface area contributed by atoms with Crippen LogP contribution < -0.4 is 0 Å². The van der Waals surface area contributed by atoms with Gasteiger partial charge in [0.05, 0.1) is 19.3 Å². The lowest BCUT2D eigenvalue weighted by molar-refractivity contribution is -0.134. The van der Waals surface area contributed by atoms with Crippen LogP contribution in [0.4, 0.5) is 0 Å². The maximum absolute atomic E-state index is 12.5. The van der Waals surface area contributed by atoms with Gasteiger partial charge in [-0.25, -0.2) is 17.4 Å². The average molecular weight is 427 g/mol. The minimum atomic E-state index is -3.63. The van der Waals surface area contributed by atoms with Gasteiger partial charge >= 0.3 is 0 Å². The number of nitrogens with zero attached hydrogens (tertiary/aromatic N) is 4. The predicted octanol–water partition coefficient (Wildman–Crippen LogP) is 2.32. The van der Waals surface area contributed by atoms with E-state index in [9.17, 15) is 13.2 Å². The van der Waals surface area contributed by atoms with Crippen molar-refractivity contribution in [3.8, 4) is 0 Å². The fraction of sp³-hybridized carbons (Fsp3) is 0.438. The summed E-state index contributed by atoms with van der Waals surface area (Å²) in [6, 6.07) is 7.80. The fourth-order valence-electron chi connectivity index (χ4n) is 3.10. The van der Waals surface area contributed by atoms with E-state index in [1.165, 1.54) is 0 Å². The van der Waals surface area contributed by atoms with Gasteiger partial charge in [0.15, 0.2) is 4.75 Å². The number of hydrogen-bond donors (Lipinski definition) is 0. The Labute approximate surface area is 155 Å². The molecule has 134 valence electrons. The van der Waals surface area contributed by atoms with E-state index in [-0.39, 0.29) is 25.3 Å². The fourth-order valence-corrected chi connectivity index (χ4v) is 5.41. The van der Waals surface area contributed by atoms with Gasteiger partial charge in [0.2, 0.25) is 0 Å². The molecule has 1 aromatic heterocycles. The van der Waals surface area contributed by atoms with E-state index in [0.29, 0.717) is 12.2 Å². The summed E-state index contributed by atoms with van der Waals surface area (Å²) in [6.07, 6.45) is 2.25. The van der Waals surface area contributed by atoms with E-state index in [4.69, 9.17) is 0 Å². The normalized spacial score (nSPS) is 18.2. The van der Waals surface area contributed by atoms with Gasteiger partial charge < -0.3 is 0 Å². The average Bonchev–Trinajstić information content (AvgIpc) is 3.03. The second-order valence-corrected chi connectivity index (χ2v) is 9.14. The van der Waals surface area contributed by atoms with E-state index in [1.54, 1.807) is 24.7 Å². The van der Waals surface area contributed by atoms with Crippen LogP contribution in [-0.4, -0.2) is 38.4 Å². The highest BCUT2D eigenvalue weighted by Crippen LogP contribution is 2.41. The highest BCUT2D eigenvalue weighted by Gasteiger charge is 2.64. The molecule has 1 aliphatic rings. The summed E-state index contributed by atoms with van der Waals surface area (Å²) in [7, 11) is -3.63. The molecular formula is C16H19BrN4O3S. The van der Waals surface area contributed by atoms with Gasteiger partial charge in [-0.05, 0) is 30.5 Å². The highest BCUT2D eigenvalue weighted by molar-refractivity contribution is 9.10. The van der Waals surface area contributed by atoms with Crippen LogP contribution >= 0.6 is 15.9 Å². The van der Waals surface area contributed by atoms with Crippen molar-refractivity contribution in [3.63, 3.8) is 0 Å². The smallest absolute Gasteiger partial charge is 0.259 e. The molecule has 0 aliphatic carbocycles. The van der Waals surface area contributed by atoms with Crippen molar-refractivity contribution in [2.24, 2.45) is 0 Å². The molecule has 0 N–H and O–H groups in total. The molecular weight excluding hydrogens is 408 g/mol. The van der Waals surface area contributed by atoms with Gasteiger partial charge in [-0.3, -0.25) is 4.79 Å². The first-order valence-electron chi connectivity index (χ1n) is 8.04. The number of benzene rings is 1. The topological polar surface area (TPSA) is 85.2 Å². The lowest BCUT2D eigenvalue weighted by atomic mass is 10.0. The van der Waals surface area contributed by atoms with Crippen molar-refractivity contribution in [3.05, 3.63) is 46.2 Å². The molecule has 1 fully saturated rings. The molecule has 0 spiro atoms. The third kappa shape index (κ3) is 2.89. The zero-order chi connectivity index (χ0) is 18.2. The molecule has 2 aromatic rings. The molecule has 9 heteroatoms. The number of aromatic nitrogens is 3. The number of hydrogen-bond acceptors (Lipinski definition) is 5. The lowest BCUT2D eigenvalue weighted by Gasteiger charge is -2.46. The Balaban J connectivity index is 1.72. The van der Waals surface area contributed by atoms with E-state index < -0.39 is 14.8 Å². The molecule has 0 bridgehead atoms. The van der Waals surface area contributed by atoms with E-state index in [1.807, 2.05) is 24.3 Å². The minimum Gasteiger partial charge on any atom is -0.272 e. The molecule has 0 unspecified atom stereocenters. The Morgan fingerprint density at radius 1 is 1.12 bits per heavy atom. The zero-order valence-electron chi connectivity index (χ0n) is 14.0. The van der Waals surface area contributed by atoms with Crippen LogP contribution in [0.25, 0.3) is 0 Å². The van der Waals surface area contributed by atoms with E-state index in [2.05, 4.69) is 26.2 Å². The third-order valence-electron chi connectivity index (χ3n) is 4.69. The van der Waals surface area contributed by atoms with Gasteiger partial charge in [0, 0.05) is 4.47 Å². The Morgan fingerprint density at radius 3 is 2.32 bits per heavy atom. The predicted molar refractivity (Wildman–Crippen MR) is 96.0 cm³/mol. The Kier molecular flexibility index (Phi) is 4.72. The first kappa shape index (κ1) is 18.1. The Morgan fingerprint density at radius 2 is 1.76 bits per heavy atom. The first-order valence-corrected chi connectivity index (χ1v) is 10.3. The van der Waals surface area contributed by atoms with Crippen LogP contribution in [-0.2, 0) is 27.9 Å². The monoisotopic (exact) mass is 426 g/mol. The summed E-state index contributed by atoms with van der Waals surface area (Å²) in [5.41, 5.74) is 1.50. The molecule has 1 aromatic carbocycles. The van der Waals surface area contributed by atoms with Crippen molar-refractivity contribution in [2.45, 2.75) is 44.5 Å². The van der Waals surface area contributed by atoms with Crippen LogP contribution in [0.15, 0.2) is 34.9 Å². The van der Waals surface area contributed by atoms with Crippen LogP contribution in [0.3, 0.4) is 0 Å². The van der Waals surface area contributed by atoms with Gasteiger partial charge in [-0.15, -0.1) is 5.10 Å². The number of sulfonamides is 1. The summed E-state index contributed by atoms with van der Waals surface area (Å²) in [5, 5.41) is 8.01. The molecule has 3 rings (SSSR count). The van der Waals surface area contributed by atoms with E-state index in [0.717, 1.165) is 14.3 Å². The SMILES string of the molecule is CCC1(CC)C(=O)N(Cc2cn(Cc3ccc(Br)cc3)nn2)S1(=O)=O. The summed E-state index contributed by atoms with van der Waals surface area (Å²) in [6.45, 7) is 3.91. The van der Waals surface area contributed by atoms with E-state index >= 15 is 0 Å². The summed E-state index contributed by atoms with van der Waals surface area (Å²) in [4.78, 5) is 12.4. The number of amides is 1. The van der Waals surface area contributed by atoms with Gasteiger partial charge in [-0.2, -0.15) is 0 Å². The molecule has 0 radical (unpaired) electrons. The molecule has 25 heavy (non-hydrogen) atoms. The van der Waals surface area contributed by atoms with Crippen molar-refractivity contribution >= 4 is 31.9 Å². The second-order valence-electron chi connectivity index (χ2n) is 6.05. The van der Waals surface area contributed by atoms with Crippen LogP contribution in [0, 0.1) is 0 Å². The largest absolute Gasteiger partial charge is 0.272 e. The summed E-state index contributed by atoms with van der Waals surface area (Å²) < 4.78 is 27.3. The molecule has 7 nitrogen and oxygen atoms in total. The molecule has 1 aliphatic heterocycles. The van der Waals surface area contributed by atoms with Crippen LogP contribution in [0.5, 0.6) is 0 Å². The Bertz CT molecular complexity index is 888.